The van der Waals surface area contributed by atoms with E-state index >= 15 is 0 Å². The molecular weight excluding hydrogens is 310 g/mol. The van der Waals surface area contributed by atoms with Gasteiger partial charge in [0.05, 0.1) is 0 Å². The van der Waals surface area contributed by atoms with E-state index < -0.39 is 0 Å². The van der Waals surface area contributed by atoms with E-state index in [0.29, 0.717) is 6.04 Å². The monoisotopic (exact) mass is 333 g/mol. The molecule has 0 spiro atoms. The molecule has 0 N–H and O–H groups in total. The zero-order valence-corrected chi connectivity index (χ0v) is 14.5. The fraction of sp³-hybridized carbons (Fsp3) is 0.562. The lowest BCUT2D eigenvalue weighted by Gasteiger charge is -2.29. The Bertz CT molecular complexity index is 683. The lowest BCUT2D eigenvalue weighted by Crippen LogP contribution is -2.40. The first-order chi connectivity index (χ1) is 11.1. The van der Waals surface area contributed by atoms with Gasteiger partial charge in [-0.2, -0.15) is 5.10 Å². The van der Waals surface area contributed by atoms with E-state index in [1.54, 1.807) is 6.20 Å². The van der Waals surface area contributed by atoms with Gasteiger partial charge in [0.1, 0.15) is 0 Å². The second-order valence-electron chi connectivity index (χ2n) is 6.13. The van der Waals surface area contributed by atoms with Crippen molar-refractivity contribution in [2.24, 2.45) is 0 Å². The molecule has 124 valence electrons. The average Bonchev–Trinajstić information content (AvgIpc) is 3.13. The van der Waals surface area contributed by atoms with Crippen molar-refractivity contribution in [3.63, 3.8) is 0 Å². The van der Waals surface area contributed by atoms with Crippen molar-refractivity contribution in [3.05, 3.63) is 39.1 Å². The highest BCUT2D eigenvalue weighted by atomic mass is 32.1. The fourth-order valence-electron chi connectivity index (χ4n) is 3.17. The molecule has 2 aromatic rings. The molecule has 0 radical (unpaired) electrons. The number of aryl methyl sites for hydroxylation is 1. The maximum atomic E-state index is 11.8. The number of rotatable bonds is 6. The van der Waals surface area contributed by atoms with E-state index in [1.807, 2.05) is 29.0 Å². The van der Waals surface area contributed by atoms with Crippen LogP contribution < -0.4 is 9.77 Å². The first-order valence-electron chi connectivity index (χ1n) is 8.03. The number of likely N-dealkylation sites (N-methyl/N-ethyl adjacent to an activating group) is 1. The Morgan fingerprint density at radius 2 is 2.35 bits per heavy atom. The van der Waals surface area contributed by atoms with Gasteiger partial charge in [0.15, 0.2) is 5.82 Å². The van der Waals surface area contributed by atoms with Crippen LogP contribution in [0.15, 0.2) is 28.5 Å². The standard InChI is InChI=1S/C16H23N5OS/c1-13-12-23-16(22)20(13)10-9-19(2)11-14-5-4-8-21(14)15-6-3-7-17-18-15/h3,6-7,12,14H,4-5,8-11H2,1-2H3. The van der Waals surface area contributed by atoms with Crippen molar-refractivity contribution in [2.45, 2.75) is 32.4 Å². The lowest BCUT2D eigenvalue weighted by atomic mass is 10.2. The molecule has 0 saturated carbocycles. The SMILES string of the molecule is Cc1csc(=O)n1CCN(C)CC1CCCN1c1cccnn1. The molecule has 1 unspecified atom stereocenters. The van der Waals surface area contributed by atoms with Gasteiger partial charge in [0.25, 0.3) is 0 Å². The molecule has 7 heteroatoms. The van der Waals surface area contributed by atoms with Crippen molar-refractivity contribution in [1.29, 1.82) is 0 Å². The Hall–Kier alpha value is -1.73. The number of anilines is 1. The molecule has 0 bridgehead atoms. The van der Waals surface area contributed by atoms with Crippen molar-refractivity contribution >= 4 is 17.2 Å². The third-order valence-electron chi connectivity index (χ3n) is 4.43. The average molecular weight is 333 g/mol. The smallest absolute Gasteiger partial charge is 0.307 e. The molecule has 23 heavy (non-hydrogen) atoms. The molecule has 1 saturated heterocycles. The van der Waals surface area contributed by atoms with Crippen LogP contribution in [0.25, 0.3) is 0 Å². The van der Waals surface area contributed by atoms with Crippen molar-refractivity contribution < 1.29 is 0 Å². The molecule has 1 fully saturated rings. The first-order valence-corrected chi connectivity index (χ1v) is 8.91. The van der Waals surface area contributed by atoms with E-state index in [4.69, 9.17) is 0 Å². The molecule has 0 aromatic carbocycles. The second kappa shape index (κ2) is 7.23. The number of aromatic nitrogens is 3. The van der Waals surface area contributed by atoms with E-state index in [2.05, 4.69) is 27.0 Å². The normalized spacial score (nSPS) is 18.0. The molecule has 3 heterocycles. The first kappa shape index (κ1) is 16.1. The third-order valence-corrected chi connectivity index (χ3v) is 5.31. The third kappa shape index (κ3) is 3.79. The highest BCUT2D eigenvalue weighted by Crippen LogP contribution is 2.23. The molecule has 3 rings (SSSR count). The van der Waals surface area contributed by atoms with E-state index in [0.717, 1.165) is 37.7 Å². The summed E-state index contributed by atoms with van der Waals surface area (Å²) in [5.41, 5.74) is 1.05. The second-order valence-corrected chi connectivity index (χ2v) is 6.95. The molecule has 1 aliphatic heterocycles. The Labute approximate surface area is 140 Å². The summed E-state index contributed by atoms with van der Waals surface area (Å²) in [5, 5.41) is 10.2. The van der Waals surface area contributed by atoms with Gasteiger partial charge >= 0.3 is 4.87 Å². The van der Waals surface area contributed by atoms with Crippen LogP contribution in [0.2, 0.25) is 0 Å². The Kier molecular flexibility index (Phi) is 5.07. The zero-order valence-electron chi connectivity index (χ0n) is 13.7. The Morgan fingerprint density at radius 1 is 1.48 bits per heavy atom. The van der Waals surface area contributed by atoms with Gasteiger partial charge in [-0.15, -0.1) is 5.10 Å². The van der Waals surface area contributed by atoms with Crippen LogP contribution in [0.4, 0.5) is 5.82 Å². The van der Waals surface area contributed by atoms with Crippen molar-refractivity contribution in [1.82, 2.24) is 19.7 Å². The van der Waals surface area contributed by atoms with Crippen molar-refractivity contribution in [3.8, 4) is 0 Å². The van der Waals surface area contributed by atoms with Crippen LogP contribution in [-0.2, 0) is 6.54 Å². The predicted octanol–water partition coefficient (Wildman–Crippen LogP) is 1.61. The summed E-state index contributed by atoms with van der Waals surface area (Å²) in [7, 11) is 2.12. The van der Waals surface area contributed by atoms with Crippen LogP contribution >= 0.6 is 11.3 Å². The minimum absolute atomic E-state index is 0.137. The van der Waals surface area contributed by atoms with E-state index in [9.17, 15) is 4.79 Å². The number of thiazole rings is 1. The van der Waals surface area contributed by atoms with Crippen LogP contribution in [0.1, 0.15) is 18.5 Å². The molecule has 1 aliphatic rings. The number of hydrogen-bond acceptors (Lipinski definition) is 6. The maximum absolute atomic E-state index is 11.8. The van der Waals surface area contributed by atoms with Crippen LogP contribution in [0.5, 0.6) is 0 Å². The van der Waals surface area contributed by atoms with Gasteiger partial charge in [-0.05, 0) is 38.9 Å². The Morgan fingerprint density at radius 3 is 3.04 bits per heavy atom. The largest absolute Gasteiger partial charge is 0.351 e. The van der Waals surface area contributed by atoms with Crippen molar-refractivity contribution in [2.75, 3.05) is 31.6 Å². The van der Waals surface area contributed by atoms with Gasteiger partial charge in [-0.25, -0.2) is 0 Å². The number of nitrogens with zero attached hydrogens (tertiary/aromatic N) is 5. The topological polar surface area (TPSA) is 54.3 Å². The molecule has 0 amide bonds. The van der Waals surface area contributed by atoms with Crippen LogP contribution in [-0.4, -0.2) is 52.4 Å². The summed E-state index contributed by atoms with van der Waals surface area (Å²) in [6, 6.07) is 4.43. The fourth-order valence-corrected chi connectivity index (χ4v) is 3.93. The van der Waals surface area contributed by atoms with Gasteiger partial charge in [0, 0.05) is 49.5 Å². The maximum Gasteiger partial charge on any atom is 0.307 e. The molecule has 0 aliphatic carbocycles. The van der Waals surface area contributed by atoms with Gasteiger partial charge < -0.3 is 14.4 Å². The molecular formula is C16H23N5OS. The van der Waals surface area contributed by atoms with E-state index in [-0.39, 0.29) is 4.87 Å². The van der Waals surface area contributed by atoms with Gasteiger partial charge in [0.2, 0.25) is 0 Å². The molecule has 6 nitrogen and oxygen atoms in total. The van der Waals surface area contributed by atoms with Crippen LogP contribution in [0.3, 0.4) is 0 Å². The summed E-state index contributed by atoms with van der Waals surface area (Å²) < 4.78 is 1.86. The molecule has 2 aromatic heterocycles. The van der Waals surface area contributed by atoms with Gasteiger partial charge in [-0.1, -0.05) is 11.3 Å². The zero-order chi connectivity index (χ0) is 16.2. The summed E-state index contributed by atoms with van der Waals surface area (Å²) in [4.78, 5) is 16.6. The minimum atomic E-state index is 0.137. The minimum Gasteiger partial charge on any atom is -0.351 e. The Balaban J connectivity index is 1.57. The summed E-state index contributed by atoms with van der Waals surface area (Å²) >= 11 is 1.28. The molecule has 1 atom stereocenters. The summed E-state index contributed by atoms with van der Waals surface area (Å²) in [6.07, 6.45) is 4.08. The summed E-state index contributed by atoms with van der Waals surface area (Å²) in [5.74, 6) is 0.966. The van der Waals surface area contributed by atoms with E-state index in [1.165, 1.54) is 24.2 Å². The predicted molar refractivity (Wildman–Crippen MR) is 93.2 cm³/mol. The van der Waals surface area contributed by atoms with Crippen LogP contribution in [0, 0.1) is 6.92 Å². The number of hydrogen-bond donors (Lipinski definition) is 0. The van der Waals surface area contributed by atoms with Gasteiger partial charge in [-0.3, -0.25) is 4.79 Å². The highest BCUT2D eigenvalue weighted by Gasteiger charge is 2.26. The lowest BCUT2D eigenvalue weighted by molar-refractivity contribution is 0.296. The highest BCUT2D eigenvalue weighted by molar-refractivity contribution is 7.07. The quantitative estimate of drug-likeness (QED) is 0.804. The summed E-state index contributed by atoms with van der Waals surface area (Å²) in [6.45, 7) is 5.64.